The van der Waals surface area contributed by atoms with Crippen molar-refractivity contribution in [3.05, 3.63) is 11.9 Å². The number of hydrogen-bond donors (Lipinski definition) is 1. The summed E-state index contributed by atoms with van der Waals surface area (Å²) in [6.45, 7) is 2.43. The van der Waals surface area contributed by atoms with Crippen molar-refractivity contribution in [2.75, 3.05) is 14.1 Å². The van der Waals surface area contributed by atoms with Gasteiger partial charge in [-0.1, -0.05) is 5.21 Å². The summed E-state index contributed by atoms with van der Waals surface area (Å²) in [6, 6.07) is -0.199. The standard InChI is InChI=1S/C9H17N5O/c1-7(9(15)13(2)3)10-5-8-6-11-12-14(8)4/h6-7,10H,5H2,1-4H3. The van der Waals surface area contributed by atoms with Crippen LogP contribution in [0.2, 0.25) is 0 Å². The first-order valence-electron chi connectivity index (χ1n) is 4.80. The first kappa shape index (κ1) is 11.6. The maximum Gasteiger partial charge on any atom is 0.238 e. The van der Waals surface area contributed by atoms with E-state index in [2.05, 4.69) is 15.6 Å². The third-order valence-corrected chi connectivity index (χ3v) is 2.21. The van der Waals surface area contributed by atoms with E-state index in [1.165, 1.54) is 0 Å². The van der Waals surface area contributed by atoms with Crippen LogP contribution in [0.3, 0.4) is 0 Å². The summed E-state index contributed by atoms with van der Waals surface area (Å²) in [6.07, 6.45) is 1.68. The number of likely N-dealkylation sites (N-methyl/N-ethyl adjacent to an activating group) is 1. The van der Waals surface area contributed by atoms with Crippen LogP contribution in [0.5, 0.6) is 0 Å². The van der Waals surface area contributed by atoms with Gasteiger partial charge in [-0.15, -0.1) is 5.10 Å². The number of carbonyl (C=O) groups is 1. The van der Waals surface area contributed by atoms with Crippen LogP contribution in [0.15, 0.2) is 6.20 Å². The largest absolute Gasteiger partial charge is 0.347 e. The number of nitrogens with zero attached hydrogens (tertiary/aromatic N) is 4. The van der Waals surface area contributed by atoms with Gasteiger partial charge < -0.3 is 10.2 Å². The summed E-state index contributed by atoms with van der Waals surface area (Å²) in [7, 11) is 5.31. The lowest BCUT2D eigenvalue weighted by Crippen LogP contribution is -2.41. The molecule has 1 unspecified atom stereocenters. The van der Waals surface area contributed by atoms with Crippen LogP contribution in [0.4, 0.5) is 0 Å². The molecule has 0 radical (unpaired) electrons. The second kappa shape index (κ2) is 4.88. The smallest absolute Gasteiger partial charge is 0.238 e. The van der Waals surface area contributed by atoms with Gasteiger partial charge in [-0.25, -0.2) is 0 Å². The number of hydrogen-bond acceptors (Lipinski definition) is 4. The van der Waals surface area contributed by atoms with E-state index in [1.54, 1.807) is 29.9 Å². The van der Waals surface area contributed by atoms with Gasteiger partial charge in [0.15, 0.2) is 0 Å². The molecule has 0 saturated carbocycles. The molecule has 0 aromatic carbocycles. The molecule has 15 heavy (non-hydrogen) atoms. The Hall–Kier alpha value is -1.43. The Morgan fingerprint density at radius 1 is 1.67 bits per heavy atom. The Labute approximate surface area is 89.3 Å². The fourth-order valence-electron chi connectivity index (χ4n) is 1.20. The normalized spacial score (nSPS) is 12.5. The molecule has 0 aliphatic carbocycles. The lowest BCUT2D eigenvalue weighted by Gasteiger charge is -2.17. The van der Waals surface area contributed by atoms with E-state index in [0.29, 0.717) is 6.54 Å². The molecule has 1 aromatic rings. The van der Waals surface area contributed by atoms with Crippen LogP contribution in [0, 0.1) is 0 Å². The minimum Gasteiger partial charge on any atom is -0.347 e. The highest BCUT2D eigenvalue weighted by Crippen LogP contribution is 1.95. The number of amides is 1. The van der Waals surface area contributed by atoms with Crippen molar-refractivity contribution in [1.82, 2.24) is 25.2 Å². The molecule has 1 heterocycles. The van der Waals surface area contributed by atoms with Crippen LogP contribution < -0.4 is 5.32 Å². The highest BCUT2D eigenvalue weighted by atomic mass is 16.2. The molecule has 0 spiro atoms. The van der Waals surface area contributed by atoms with Gasteiger partial charge >= 0.3 is 0 Å². The Morgan fingerprint density at radius 3 is 2.80 bits per heavy atom. The Balaban J connectivity index is 2.44. The molecule has 0 saturated heterocycles. The highest BCUT2D eigenvalue weighted by Gasteiger charge is 2.14. The molecule has 1 rings (SSSR count). The van der Waals surface area contributed by atoms with Gasteiger partial charge in [0.05, 0.1) is 17.9 Å². The van der Waals surface area contributed by atoms with E-state index < -0.39 is 0 Å². The van der Waals surface area contributed by atoms with Crippen LogP contribution in [0.25, 0.3) is 0 Å². The average molecular weight is 211 g/mol. The van der Waals surface area contributed by atoms with E-state index >= 15 is 0 Å². The zero-order valence-corrected chi connectivity index (χ0v) is 9.56. The van der Waals surface area contributed by atoms with Gasteiger partial charge in [0.1, 0.15) is 0 Å². The predicted octanol–water partition coefficient (Wildman–Crippen LogP) is -0.619. The second-order valence-electron chi connectivity index (χ2n) is 3.68. The zero-order valence-electron chi connectivity index (χ0n) is 9.56. The van der Waals surface area contributed by atoms with Gasteiger partial charge in [-0.05, 0) is 6.92 Å². The second-order valence-corrected chi connectivity index (χ2v) is 3.68. The average Bonchev–Trinajstić information content (AvgIpc) is 2.59. The SMILES string of the molecule is CC(NCc1cnnn1C)C(=O)N(C)C. The van der Waals surface area contributed by atoms with Crippen LogP contribution >= 0.6 is 0 Å². The molecule has 1 N–H and O–H groups in total. The topological polar surface area (TPSA) is 63.1 Å². The molecule has 0 aliphatic rings. The van der Waals surface area contributed by atoms with E-state index in [9.17, 15) is 4.79 Å². The van der Waals surface area contributed by atoms with E-state index in [1.807, 2.05) is 14.0 Å². The Bertz CT molecular complexity index is 333. The number of aromatic nitrogens is 3. The van der Waals surface area contributed by atoms with Gasteiger partial charge in [0, 0.05) is 27.7 Å². The highest BCUT2D eigenvalue weighted by molar-refractivity contribution is 5.80. The van der Waals surface area contributed by atoms with Crippen molar-refractivity contribution < 1.29 is 4.79 Å². The van der Waals surface area contributed by atoms with Gasteiger partial charge in [-0.2, -0.15) is 0 Å². The number of rotatable bonds is 4. The molecule has 84 valence electrons. The predicted molar refractivity (Wildman–Crippen MR) is 56.0 cm³/mol. The fourth-order valence-corrected chi connectivity index (χ4v) is 1.20. The van der Waals surface area contributed by atoms with E-state index in [0.717, 1.165) is 5.69 Å². The molecule has 0 fully saturated rings. The number of carbonyl (C=O) groups excluding carboxylic acids is 1. The van der Waals surface area contributed by atoms with Gasteiger partial charge in [0.25, 0.3) is 0 Å². The first-order valence-corrected chi connectivity index (χ1v) is 4.80. The molecular formula is C9H17N5O. The van der Waals surface area contributed by atoms with Crippen molar-refractivity contribution >= 4 is 5.91 Å². The summed E-state index contributed by atoms with van der Waals surface area (Å²) >= 11 is 0. The first-order chi connectivity index (χ1) is 7.02. The third kappa shape index (κ3) is 3.02. The molecule has 0 aliphatic heterocycles. The minimum atomic E-state index is -0.199. The van der Waals surface area contributed by atoms with Crippen molar-refractivity contribution in [3.8, 4) is 0 Å². The van der Waals surface area contributed by atoms with Crippen LogP contribution in [-0.4, -0.2) is 45.9 Å². The Morgan fingerprint density at radius 2 is 2.33 bits per heavy atom. The molecule has 0 bridgehead atoms. The van der Waals surface area contributed by atoms with Crippen LogP contribution in [-0.2, 0) is 18.4 Å². The molecule has 1 atom stereocenters. The fraction of sp³-hybridized carbons (Fsp3) is 0.667. The third-order valence-electron chi connectivity index (χ3n) is 2.21. The van der Waals surface area contributed by atoms with Gasteiger partial charge in [-0.3, -0.25) is 9.48 Å². The maximum atomic E-state index is 11.5. The van der Waals surface area contributed by atoms with E-state index in [-0.39, 0.29) is 11.9 Å². The Kier molecular flexibility index (Phi) is 3.79. The molecular weight excluding hydrogens is 194 g/mol. The summed E-state index contributed by atoms with van der Waals surface area (Å²) in [5, 5.41) is 10.7. The van der Waals surface area contributed by atoms with Crippen molar-refractivity contribution in [3.63, 3.8) is 0 Å². The van der Waals surface area contributed by atoms with E-state index in [4.69, 9.17) is 0 Å². The zero-order chi connectivity index (χ0) is 11.4. The lowest BCUT2D eigenvalue weighted by atomic mass is 10.3. The van der Waals surface area contributed by atoms with Crippen molar-refractivity contribution in [2.45, 2.75) is 19.5 Å². The molecule has 1 aromatic heterocycles. The maximum absolute atomic E-state index is 11.5. The van der Waals surface area contributed by atoms with Crippen LogP contribution in [0.1, 0.15) is 12.6 Å². The summed E-state index contributed by atoms with van der Waals surface area (Å²) in [5.74, 6) is 0.0603. The molecule has 6 nitrogen and oxygen atoms in total. The lowest BCUT2D eigenvalue weighted by molar-refractivity contribution is -0.130. The minimum absolute atomic E-state index is 0.0603. The van der Waals surface area contributed by atoms with Crippen molar-refractivity contribution in [1.29, 1.82) is 0 Å². The summed E-state index contributed by atoms with van der Waals surface area (Å²) in [4.78, 5) is 13.1. The molecule has 1 amide bonds. The monoisotopic (exact) mass is 211 g/mol. The quantitative estimate of drug-likeness (QED) is 0.721. The molecule has 6 heteroatoms. The number of nitrogens with one attached hydrogen (secondary N) is 1. The van der Waals surface area contributed by atoms with Gasteiger partial charge in [0.2, 0.25) is 5.91 Å². The van der Waals surface area contributed by atoms with Crippen molar-refractivity contribution in [2.24, 2.45) is 7.05 Å². The number of aryl methyl sites for hydroxylation is 1. The summed E-state index contributed by atoms with van der Waals surface area (Å²) < 4.78 is 1.68. The summed E-state index contributed by atoms with van der Waals surface area (Å²) in [5.41, 5.74) is 0.952.